The van der Waals surface area contributed by atoms with Gasteiger partial charge in [0.1, 0.15) is 12.9 Å². The van der Waals surface area contributed by atoms with Gasteiger partial charge in [0, 0.05) is 13.3 Å². The topological polar surface area (TPSA) is 65.0 Å². The van der Waals surface area contributed by atoms with Crippen LogP contribution in [0.1, 0.15) is 26.7 Å². The van der Waals surface area contributed by atoms with Crippen LogP contribution in [0.5, 0.6) is 0 Å². The van der Waals surface area contributed by atoms with Gasteiger partial charge < -0.3 is 14.4 Å². The highest BCUT2D eigenvalue weighted by atomic mass is 16.6. The van der Waals surface area contributed by atoms with Gasteiger partial charge in [0.25, 0.3) is 0 Å². The third-order valence-corrected chi connectivity index (χ3v) is 1.16. The average Bonchev–Trinajstić information content (AvgIpc) is 2.01. The first-order chi connectivity index (χ1) is 6.06. The van der Waals surface area contributed by atoms with E-state index in [0.717, 1.165) is 0 Å². The van der Waals surface area contributed by atoms with Crippen molar-refractivity contribution in [3.05, 3.63) is 0 Å². The van der Waals surface area contributed by atoms with E-state index >= 15 is 0 Å². The lowest BCUT2D eigenvalue weighted by Gasteiger charge is -2.00. The zero-order chi connectivity index (χ0) is 10.3. The molecule has 74 valence electrons. The molecule has 0 aromatic carbocycles. The second-order valence-corrected chi connectivity index (χ2v) is 2.47. The molecule has 5 nitrogen and oxygen atoms in total. The molecule has 0 spiro atoms. The standard InChI is InChI=1S/C8H13NO4/c1-6(10)4-5-8(11)13-7(2)9-12-3/h4-5H2,1-3H3. The Morgan fingerprint density at radius 3 is 2.31 bits per heavy atom. The summed E-state index contributed by atoms with van der Waals surface area (Å²) in [6.45, 7) is 2.92. The van der Waals surface area contributed by atoms with E-state index in [4.69, 9.17) is 0 Å². The molecule has 5 heteroatoms. The van der Waals surface area contributed by atoms with Gasteiger partial charge in [-0.1, -0.05) is 5.16 Å². The van der Waals surface area contributed by atoms with E-state index in [-0.39, 0.29) is 24.5 Å². The zero-order valence-corrected chi connectivity index (χ0v) is 7.99. The number of hydrogen-bond acceptors (Lipinski definition) is 5. The molecule has 0 aliphatic carbocycles. The Bertz CT molecular complexity index is 222. The summed E-state index contributed by atoms with van der Waals surface area (Å²) in [7, 11) is 1.35. The van der Waals surface area contributed by atoms with E-state index in [0.29, 0.717) is 0 Å². The van der Waals surface area contributed by atoms with Crippen LogP contribution in [0.3, 0.4) is 0 Å². The molecule has 0 fully saturated rings. The number of rotatable bonds is 4. The van der Waals surface area contributed by atoms with Crippen molar-refractivity contribution < 1.29 is 19.2 Å². The minimum Gasteiger partial charge on any atom is -0.409 e. The van der Waals surface area contributed by atoms with E-state index in [1.54, 1.807) is 0 Å². The monoisotopic (exact) mass is 187 g/mol. The van der Waals surface area contributed by atoms with E-state index in [1.165, 1.54) is 21.0 Å². The summed E-state index contributed by atoms with van der Waals surface area (Å²) in [5, 5.41) is 3.38. The summed E-state index contributed by atoms with van der Waals surface area (Å²) in [5.74, 6) is -0.386. The molecule has 0 rings (SSSR count). The summed E-state index contributed by atoms with van der Waals surface area (Å²) in [4.78, 5) is 25.8. The summed E-state index contributed by atoms with van der Waals surface area (Å²) >= 11 is 0. The molecule has 0 radical (unpaired) electrons. The van der Waals surface area contributed by atoms with Crippen LogP contribution >= 0.6 is 0 Å². The van der Waals surface area contributed by atoms with Crippen molar-refractivity contribution in [1.82, 2.24) is 0 Å². The molecule has 0 atom stereocenters. The van der Waals surface area contributed by atoms with Crippen LogP contribution in [-0.4, -0.2) is 24.8 Å². The van der Waals surface area contributed by atoms with Crippen LogP contribution in [0.15, 0.2) is 5.16 Å². The van der Waals surface area contributed by atoms with E-state index < -0.39 is 5.97 Å². The zero-order valence-electron chi connectivity index (χ0n) is 7.99. The van der Waals surface area contributed by atoms with Crippen molar-refractivity contribution in [2.75, 3.05) is 7.11 Å². The number of Topliss-reactive ketones (excluding diaryl/α,β-unsaturated/α-hetero) is 1. The molecule has 0 aliphatic heterocycles. The van der Waals surface area contributed by atoms with E-state index in [9.17, 15) is 9.59 Å². The fraction of sp³-hybridized carbons (Fsp3) is 0.625. The number of oxime groups is 1. The van der Waals surface area contributed by atoms with E-state index in [1.807, 2.05) is 0 Å². The molecule has 0 unspecified atom stereocenters. The maximum atomic E-state index is 10.9. The minimum absolute atomic E-state index is 0.0433. The van der Waals surface area contributed by atoms with Gasteiger partial charge in [-0.15, -0.1) is 0 Å². The SMILES string of the molecule is CON=C(C)OC(=O)CCC(C)=O. The first-order valence-corrected chi connectivity index (χ1v) is 3.84. The van der Waals surface area contributed by atoms with Gasteiger partial charge >= 0.3 is 5.97 Å². The molecular weight excluding hydrogens is 174 g/mol. The van der Waals surface area contributed by atoms with Crippen LogP contribution in [-0.2, 0) is 19.2 Å². The largest absolute Gasteiger partial charge is 0.409 e. The lowest BCUT2D eigenvalue weighted by molar-refractivity contribution is -0.137. The summed E-state index contributed by atoms with van der Waals surface area (Å²) < 4.78 is 4.68. The number of carbonyl (C=O) groups is 2. The molecule has 0 saturated carbocycles. The number of hydrogen-bond donors (Lipinski definition) is 0. The third-order valence-electron chi connectivity index (χ3n) is 1.16. The highest BCUT2D eigenvalue weighted by Crippen LogP contribution is 1.95. The normalized spacial score (nSPS) is 10.8. The van der Waals surface area contributed by atoms with Crippen molar-refractivity contribution in [2.24, 2.45) is 5.16 Å². The van der Waals surface area contributed by atoms with Gasteiger partial charge in [0.05, 0.1) is 6.42 Å². The molecule has 0 saturated heterocycles. The molecule has 0 aromatic rings. The smallest absolute Gasteiger partial charge is 0.312 e. The van der Waals surface area contributed by atoms with Crippen LogP contribution in [0, 0.1) is 0 Å². The highest BCUT2D eigenvalue weighted by molar-refractivity contribution is 5.89. The average molecular weight is 187 g/mol. The van der Waals surface area contributed by atoms with Gasteiger partial charge in [-0.2, -0.15) is 0 Å². The lowest BCUT2D eigenvalue weighted by Crippen LogP contribution is -2.10. The third kappa shape index (κ3) is 6.99. The fourth-order valence-electron chi connectivity index (χ4n) is 0.641. The summed E-state index contributed by atoms with van der Waals surface area (Å²) in [6.07, 6.45) is 0.269. The lowest BCUT2D eigenvalue weighted by atomic mass is 10.2. The molecule has 0 N–H and O–H groups in total. The van der Waals surface area contributed by atoms with Crippen molar-refractivity contribution in [1.29, 1.82) is 0 Å². The Morgan fingerprint density at radius 1 is 1.23 bits per heavy atom. The Morgan fingerprint density at radius 2 is 1.85 bits per heavy atom. The van der Waals surface area contributed by atoms with Crippen molar-refractivity contribution in [3.63, 3.8) is 0 Å². The molecule has 0 aromatic heterocycles. The van der Waals surface area contributed by atoms with Gasteiger partial charge in [0.2, 0.25) is 5.90 Å². The fourth-order valence-corrected chi connectivity index (χ4v) is 0.641. The van der Waals surface area contributed by atoms with E-state index in [2.05, 4.69) is 14.7 Å². The first kappa shape index (κ1) is 11.6. The van der Waals surface area contributed by atoms with Crippen LogP contribution in [0.4, 0.5) is 0 Å². The molecule has 0 heterocycles. The van der Waals surface area contributed by atoms with Crippen LogP contribution < -0.4 is 0 Å². The number of ketones is 1. The number of ether oxygens (including phenoxy) is 1. The Balaban J connectivity index is 3.74. The predicted molar refractivity (Wildman–Crippen MR) is 46.1 cm³/mol. The molecular formula is C8H13NO4. The van der Waals surface area contributed by atoms with Gasteiger partial charge in [-0.3, -0.25) is 4.79 Å². The van der Waals surface area contributed by atoms with Crippen molar-refractivity contribution in [2.45, 2.75) is 26.7 Å². The van der Waals surface area contributed by atoms with Gasteiger partial charge in [0.15, 0.2) is 0 Å². The predicted octanol–water partition coefficient (Wildman–Crippen LogP) is 0.879. The first-order valence-electron chi connectivity index (χ1n) is 3.84. The van der Waals surface area contributed by atoms with Gasteiger partial charge in [-0.25, -0.2) is 0 Å². The molecule has 0 amide bonds. The van der Waals surface area contributed by atoms with Crippen molar-refractivity contribution >= 4 is 17.7 Å². The Labute approximate surface area is 76.7 Å². The van der Waals surface area contributed by atoms with Crippen LogP contribution in [0.2, 0.25) is 0 Å². The Kier molecular flexibility index (Phi) is 5.50. The maximum Gasteiger partial charge on any atom is 0.312 e. The number of carbonyl (C=O) groups excluding carboxylic acids is 2. The second kappa shape index (κ2) is 6.16. The molecule has 0 aliphatic rings. The van der Waals surface area contributed by atoms with Gasteiger partial charge in [-0.05, 0) is 6.92 Å². The van der Waals surface area contributed by atoms with Crippen LogP contribution in [0.25, 0.3) is 0 Å². The molecule has 0 bridgehead atoms. The maximum absolute atomic E-state index is 10.9. The summed E-state index contributed by atoms with van der Waals surface area (Å²) in [5.41, 5.74) is 0. The summed E-state index contributed by atoms with van der Waals surface area (Å²) in [6, 6.07) is 0. The Hall–Kier alpha value is -1.39. The highest BCUT2D eigenvalue weighted by Gasteiger charge is 2.06. The molecule has 13 heavy (non-hydrogen) atoms. The van der Waals surface area contributed by atoms with Crippen molar-refractivity contribution in [3.8, 4) is 0 Å². The number of nitrogens with zero attached hydrogens (tertiary/aromatic N) is 1. The minimum atomic E-state index is -0.478. The second-order valence-electron chi connectivity index (χ2n) is 2.47. The quantitative estimate of drug-likeness (QED) is 0.283. The number of esters is 1.